The monoisotopic (exact) mass is 185 g/mol. The third kappa shape index (κ3) is 1.59. The van der Waals surface area contributed by atoms with Crippen LogP contribution in [0, 0.1) is 0 Å². The Morgan fingerprint density at radius 1 is 1.58 bits per heavy atom. The molecular weight excluding hydrogens is 174 g/mol. The molecule has 0 spiro atoms. The van der Waals surface area contributed by atoms with Crippen LogP contribution in [-0.4, -0.2) is 32.5 Å². The van der Waals surface area contributed by atoms with E-state index in [9.17, 15) is 0 Å². The third-order valence-corrected chi connectivity index (χ3v) is 2.67. The summed E-state index contributed by atoms with van der Waals surface area (Å²) < 4.78 is 1.90. The molecule has 0 radical (unpaired) electrons. The summed E-state index contributed by atoms with van der Waals surface area (Å²) in [6.07, 6.45) is 2.42. The van der Waals surface area contributed by atoms with Crippen molar-refractivity contribution in [3.63, 3.8) is 0 Å². The van der Waals surface area contributed by atoms with Crippen LogP contribution in [0.2, 0.25) is 0 Å². The third-order valence-electron chi connectivity index (χ3n) is 1.70. The van der Waals surface area contributed by atoms with E-state index < -0.39 is 0 Å². The van der Waals surface area contributed by atoms with Crippen molar-refractivity contribution in [2.75, 3.05) is 12.3 Å². The summed E-state index contributed by atoms with van der Waals surface area (Å²) in [5.41, 5.74) is 5.39. The first-order valence-electron chi connectivity index (χ1n) is 4.02. The molecule has 1 aromatic heterocycles. The van der Waals surface area contributed by atoms with Crippen LogP contribution >= 0.6 is 11.8 Å². The maximum absolute atomic E-state index is 5.39. The van der Waals surface area contributed by atoms with Crippen molar-refractivity contribution < 1.29 is 0 Å². The fraction of sp³-hybridized carbons (Fsp3) is 0.833. The Labute approximate surface area is 74.7 Å². The van der Waals surface area contributed by atoms with E-state index in [1.807, 2.05) is 4.68 Å². The Morgan fingerprint density at radius 3 is 3.08 bits per heavy atom. The molecule has 0 saturated heterocycles. The van der Waals surface area contributed by atoms with E-state index in [0.717, 1.165) is 10.9 Å². The molecule has 0 aromatic carbocycles. The van der Waals surface area contributed by atoms with E-state index in [2.05, 4.69) is 15.5 Å². The lowest BCUT2D eigenvalue weighted by molar-refractivity contribution is 0.565. The van der Waals surface area contributed by atoms with Gasteiger partial charge in [0.1, 0.15) is 0 Å². The van der Waals surface area contributed by atoms with Crippen molar-refractivity contribution >= 4 is 11.8 Å². The normalized spacial score (nSPS) is 16.8. The van der Waals surface area contributed by atoms with E-state index in [1.165, 1.54) is 12.8 Å². The molecule has 1 heterocycles. The fourth-order valence-electron chi connectivity index (χ4n) is 0.979. The second-order valence-electron chi connectivity index (χ2n) is 2.77. The van der Waals surface area contributed by atoms with Crippen LogP contribution in [0.5, 0.6) is 0 Å². The van der Waals surface area contributed by atoms with Crippen molar-refractivity contribution in [2.45, 2.75) is 24.0 Å². The Balaban J connectivity index is 2.03. The lowest BCUT2D eigenvalue weighted by Crippen LogP contribution is -2.04. The van der Waals surface area contributed by atoms with Crippen LogP contribution in [0.1, 0.15) is 18.9 Å². The Morgan fingerprint density at radius 2 is 2.42 bits per heavy atom. The van der Waals surface area contributed by atoms with Crippen molar-refractivity contribution in [3.8, 4) is 0 Å². The lowest BCUT2D eigenvalue weighted by Gasteiger charge is -1.99. The first-order valence-corrected chi connectivity index (χ1v) is 5.01. The molecule has 1 aliphatic rings. The van der Waals surface area contributed by atoms with Gasteiger partial charge in [-0.15, -0.1) is 5.10 Å². The summed E-state index contributed by atoms with van der Waals surface area (Å²) in [4.78, 5) is 0. The molecule has 1 saturated carbocycles. The van der Waals surface area contributed by atoms with Gasteiger partial charge in [0.25, 0.3) is 0 Å². The van der Waals surface area contributed by atoms with E-state index >= 15 is 0 Å². The second-order valence-corrected chi connectivity index (χ2v) is 3.84. The summed E-state index contributed by atoms with van der Waals surface area (Å²) in [5, 5.41) is 12.4. The number of aromatic nitrogens is 4. The standard InChI is InChI=1S/C6H11N5S/c7-3-4-12-6-8-9-10-11(6)5-1-2-5/h5H,1-4,7H2. The van der Waals surface area contributed by atoms with Gasteiger partial charge in [0.15, 0.2) is 0 Å². The highest BCUT2D eigenvalue weighted by Crippen LogP contribution is 2.36. The topological polar surface area (TPSA) is 69.6 Å². The molecule has 0 bridgehead atoms. The van der Waals surface area contributed by atoms with Gasteiger partial charge < -0.3 is 5.73 Å². The summed E-state index contributed by atoms with van der Waals surface area (Å²) in [5.74, 6) is 0.882. The zero-order valence-corrected chi connectivity index (χ0v) is 7.50. The fourth-order valence-corrected chi connectivity index (χ4v) is 1.69. The Hall–Kier alpha value is -0.620. The highest BCUT2D eigenvalue weighted by Gasteiger charge is 2.27. The second kappa shape index (κ2) is 3.40. The van der Waals surface area contributed by atoms with E-state index in [-0.39, 0.29) is 0 Å². The van der Waals surface area contributed by atoms with E-state index in [0.29, 0.717) is 12.6 Å². The molecule has 6 heteroatoms. The largest absolute Gasteiger partial charge is 0.330 e. The van der Waals surface area contributed by atoms with Crippen molar-refractivity contribution in [3.05, 3.63) is 0 Å². The first kappa shape index (κ1) is 8.00. The van der Waals surface area contributed by atoms with Gasteiger partial charge in [-0.25, -0.2) is 4.68 Å². The van der Waals surface area contributed by atoms with Crippen molar-refractivity contribution in [2.24, 2.45) is 5.73 Å². The first-order chi connectivity index (χ1) is 5.92. The van der Waals surface area contributed by atoms with Crippen molar-refractivity contribution in [1.29, 1.82) is 0 Å². The SMILES string of the molecule is NCCSc1nnnn1C1CC1. The molecule has 0 aliphatic heterocycles. The molecule has 2 N–H and O–H groups in total. The zero-order chi connectivity index (χ0) is 8.39. The summed E-state index contributed by atoms with van der Waals surface area (Å²) in [7, 11) is 0. The summed E-state index contributed by atoms with van der Waals surface area (Å²) in [6.45, 7) is 0.669. The molecule has 1 fully saturated rings. The minimum absolute atomic E-state index is 0.556. The van der Waals surface area contributed by atoms with Gasteiger partial charge in [-0.05, 0) is 23.3 Å². The molecule has 66 valence electrons. The molecule has 2 rings (SSSR count). The maximum Gasteiger partial charge on any atom is 0.209 e. The number of hydrogen-bond donors (Lipinski definition) is 1. The van der Waals surface area contributed by atoms with Gasteiger partial charge in [0, 0.05) is 12.3 Å². The van der Waals surface area contributed by atoms with Crippen LogP contribution in [0.3, 0.4) is 0 Å². The van der Waals surface area contributed by atoms with Crippen LogP contribution in [0.4, 0.5) is 0 Å². The van der Waals surface area contributed by atoms with Gasteiger partial charge in [0.2, 0.25) is 5.16 Å². The maximum atomic E-state index is 5.39. The number of tetrazole rings is 1. The highest BCUT2D eigenvalue weighted by molar-refractivity contribution is 7.99. The van der Waals surface area contributed by atoms with Gasteiger partial charge in [-0.1, -0.05) is 11.8 Å². The quantitative estimate of drug-likeness (QED) is 0.672. The minimum atomic E-state index is 0.556. The molecular formula is C6H11N5S. The van der Waals surface area contributed by atoms with Gasteiger partial charge in [0.05, 0.1) is 6.04 Å². The average Bonchev–Trinajstić information content (AvgIpc) is 2.83. The van der Waals surface area contributed by atoms with Crippen molar-refractivity contribution in [1.82, 2.24) is 20.2 Å². The molecule has 0 atom stereocenters. The molecule has 1 aromatic rings. The van der Waals surface area contributed by atoms with Gasteiger partial charge in [-0.2, -0.15) is 0 Å². The number of nitrogens with zero attached hydrogens (tertiary/aromatic N) is 4. The Kier molecular flexibility index (Phi) is 2.27. The number of thioether (sulfide) groups is 1. The number of nitrogens with two attached hydrogens (primary N) is 1. The van der Waals surface area contributed by atoms with Gasteiger partial charge in [-0.3, -0.25) is 0 Å². The predicted octanol–water partition coefficient (Wildman–Crippen LogP) is 0.0588. The zero-order valence-electron chi connectivity index (χ0n) is 6.68. The molecule has 1 aliphatic carbocycles. The van der Waals surface area contributed by atoms with Crippen LogP contribution in [-0.2, 0) is 0 Å². The average molecular weight is 185 g/mol. The summed E-state index contributed by atoms with van der Waals surface area (Å²) in [6, 6.07) is 0.556. The molecule has 5 nitrogen and oxygen atoms in total. The summed E-state index contributed by atoms with van der Waals surface area (Å²) >= 11 is 1.62. The Bertz CT molecular complexity index is 256. The molecule has 0 amide bonds. The van der Waals surface area contributed by atoms with E-state index in [4.69, 9.17) is 5.73 Å². The number of hydrogen-bond acceptors (Lipinski definition) is 5. The van der Waals surface area contributed by atoms with Crippen LogP contribution in [0.15, 0.2) is 5.16 Å². The lowest BCUT2D eigenvalue weighted by atomic mass is 10.7. The van der Waals surface area contributed by atoms with Gasteiger partial charge >= 0.3 is 0 Å². The number of rotatable bonds is 4. The predicted molar refractivity (Wildman–Crippen MR) is 45.9 cm³/mol. The molecule has 12 heavy (non-hydrogen) atoms. The van der Waals surface area contributed by atoms with Crippen LogP contribution < -0.4 is 5.73 Å². The van der Waals surface area contributed by atoms with E-state index in [1.54, 1.807) is 11.8 Å². The smallest absolute Gasteiger partial charge is 0.209 e. The highest BCUT2D eigenvalue weighted by atomic mass is 32.2. The van der Waals surface area contributed by atoms with Crippen LogP contribution in [0.25, 0.3) is 0 Å². The molecule has 0 unspecified atom stereocenters. The minimum Gasteiger partial charge on any atom is -0.330 e.